The molecule has 0 amide bonds. The fourth-order valence-corrected chi connectivity index (χ4v) is 2.42. The molecular weight excluding hydrogens is 265 g/mol. The Bertz CT molecular complexity index is 630. The third-order valence-electron chi connectivity index (χ3n) is 2.48. The van der Waals surface area contributed by atoms with Gasteiger partial charge < -0.3 is 0 Å². The maximum absolute atomic E-state index is 12.7. The van der Waals surface area contributed by atoms with E-state index >= 15 is 0 Å². The molecular formula is C13H10FN3OS. The fourth-order valence-electron chi connectivity index (χ4n) is 1.56. The monoisotopic (exact) mass is 275 g/mol. The SMILES string of the molecule is Cc1csc([C@@H](C#N)C(=O)Cc2ccc(F)cn2)n1. The third kappa shape index (κ3) is 3.20. The van der Waals surface area contributed by atoms with Crippen LogP contribution in [0.5, 0.6) is 0 Å². The van der Waals surface area contributed by atoms with Crippen molar-refractivity contribution in [1.29, 1.82) is 5.26 Å². The van der Waals surface area contributed by atoms with Gasteiger partial charge in [0.25, 0.3) is 0 Å². The van der Waals surface area contributed by atoms with Crippen LogP contribution in [0, 0.1) is 24.1 Å². The standard InChI is InChI=1S/C13H10FN3OS/c1-8-7-19-13(17-8)11(5-15)12(18)4-10-3-2-9(14)6-16-10/h2-3,6-7,11H,4H2,1H3/t11-/m0/s1. The van der Waals surface area contributed by atoms with Crippen molar-refractivity contribution in [1.82, 2.24) is 9.97 Å². The number of aromatic nitrogens is 2. The second-order valence-electron chi connectivity index (χ2n) is 4.00. The number of carbonyl (C=O) groups excluding carboxylic acids is 1. The molecule has 0 aliphatic carbocycles. The van der Waals surface area contributed by atoms with Gasteiger partial charge in [-0.1, -0.05) is 0 Å². The third-order valence-corrected chi connectivity index (χ3v) is 3.51. The Morgan fingerprint density at radius 2 is 2.37 bits per heavy atom. The molecule has 0 radical (unpaired) electrons. The molecule has 0 unspecified atom stereocenters. The number of carbonyl (C=O) groups is 1. The van der Waals surface area contributed by atoms with Gasteiger partial charge in [-0.15, -0.1) is 11.3 Å². The molecule has 0 aliphatic rings. The van der Waals surface area contributed by atoms with E-state index in [0.29, 0.717) is 10.7 Å². The summed E-state index contributed by atoms with van der Waals surface area (Å²) in [5.74, 6) is -1.62. The number of hydrogen-bond donors (Lipinski definition) is 0. The summed E-state index contributed by atoms with van der Waals surface area (Å²) < 4.78 is 12.7. The van der Waals surface area contributed by atoms with Gasteiger partial charge in [0.1, 0.15) is 10.8 Å². The second kappa shape index (κ2) is 5.67. The number of rotatable bonds is 4. The van der Waals surface area contributed by atoms with Crippen molar-refractivity contribution in [3.8, 4) is 6.07 Å². The number of thiazole rings is 1. The van der Waals surface area contributed by atoms with Crippen LogP contribution in [0.3, 0.4) is 0 Å². The van der Waals surface area contributed by atoms with Crippen molar-refractivity contribution >= 4 is 17.1 Å². The van der Waals surface area contributed by atoms with E-state index in [1.54, 1.807) is 12.3 Å². The van der Waals surface area contributed by atoms with Gasteiger partial charge in [-0.05, 0) is 19.1 Å². The first kappa shape index (κ1) is 13.3. The Morgan fingerprint density at radius 3 is 2.89 bits per heavy atom. The average Bonchev–Trinajstić information content (AvgIpc) is 2.80. The molecule has 0 spiro atoms. The van der Waals surface area contributed by atoms with Crippen LogP contribution in [0.25, 0.3) is 0 Å². The number of nitrogens with zero attached hydrogens (tertiary/aromatic N) is 3. The summed E-state index contributed by atoms with van der Waals surface area (Å²) in [6, 6.07) is 4.64. The van der Waals surface area contributed by atoms with Crippen LogP contribution >= 0.6 is 11.3 Å². The minimum absolute atomic E-state index is 0.00284. The zero-order chi connectivity index (χ0) is 13.8. The largest absolute Gasteiger partial charge is 0.297 e. The quantitative estimate of drug-likeness (QED) is 0.859. The highest BCUT2D eigenvalue weighted by molar-refractivity contribution is 7.09. The Balaban J connectivity index is 2.14. The molecule has 2 aromatic heterocycles. The number of pyridine rings is 1. The van der Waals surface area contributed by atoms with Crippen LogP contribution < -0.4 is 0 Å². The van der Waals surface area contributed by atoms with Gasteiger partial charge in [-0.25, -0.2) is 9.37 Å². The lowest BCUT2D eigenvalue weighted by molar-refractivity contribution is -0.118. The number of halogens is 1. The lowest BCUT2D eigenvalue weighted by atomic mass is 10.0. The minimum Gasteiger partial charge on any atom is -0.297 e. The summed E-state index contributed by atoms with van der Waals surface area (Å²) in [5, 5.41) is 11.4. The van der Waals surface area contributed by atoms with E-state index in [2.05, 4.69) is 9.97 Å². The van der Waals surface area contributed by atoms with E-state index in [1.165, 1.54) is 23.5 Å². The Morgan fingerprint density at radius 1 is 1.58 bits per heavy atom. The predicted molar refractivity (Wildman–Crippen MR) is 68.1 cm³/mol. The summed E-state index contributed by atoms with van der Waals surface area (Å²) in [4.78, 5) is 20.0. The normalized spacial score (nSPS) is 11.8. The number of hydrogen-bond acceptors (Lipinski definition) is 5. The molecule has 2 heterocycles. The van der Waals surface area contributed by atoms with Crippen LogP contribution in [-0.2, 0) is 11.2 Å². The zero-order valence-corrected chi connectivity index (χ0v) is 10.9. The van der Waals surface area contributed by atoms with Gasteiger partial charge in [0.05, 0.1) is 18.7 Å². The second-order valence-corrected chi connectivity index (χ2v) is 4.89. The van der Waals surface area contributed by atoms with Gasteiger partial charge in [-0.2, -0.15) is 5.26 Å². The summed E-state index contributed by atoms with van der Waals surface area (Å²) >= 11 is 1.29. The van der Waals surface area contributed by atoms with Gasteiger partial charge in [0.15, 0.2) is 11.7 Å². The topological polar surface area (TPSA) is 66.6 Å². The molecule has 0 fully saturated rings. The first-order valence-electron chi connectivity index (χ1n) is 5.55. The smallest absolute Gasteiger partial charge is 0.162 e. The van der Waals surface area contributed by atoms with E-state index in [1.807, 2.05) is 6.07 Å². The number of Topliss-reactive ketones (excluding diaryl/α,β-unsaturated/α-hetero) is 1. The maximum Gasteiger partial charge on any atom is 0.162 e. The number of aryl methyl sites for hydroxylation is 1. The molecule has 0 aromatic carbocycles. The molecule has 1 atom stereocenters. The average molecular weight is 275 g/mol. The molecule has 0 bridgehead atoms. The van der Waals surface area contributed by atoms with E-state index < -0.39 is 11.7 Å². The van der Waals surface area contributed by atoms with Gasteiger partial charge in [0, 0.05) is 16.8 Å². The molecule has 0 saturated carbocycles. The van der Waals surface area contributed by atoms with Crippen molar-refractivity contribution in [3.05, 3.63) is 45.9 Å². The maximum atomic E-state index is 12.7. The van der Waals surface area contributed by atoms with Crippen LogP contribution in [0.4, 0.5) is 4.39 Å². The molecule has 0 N–H and O–H groups in total. The molecule has 0 saturated heterocycles. The van der Waals surface area contributed by atoms with Crippen LogP contribution in [0.1, 0.15) is 22.3 Å². The van der Waals surface area contributed by atoms with Gasteiger partial charge in [-0.3, -0.25) is 9.78 Å². The molecule has 19 heavy (non-hydrogen) atoms. The highest BCUT2D eigenvalue weighted by Gasteiger charge is 2.23. The summed E-state index contributed by atoms with van der Waals surface area (Å²) in [5.41, 5.74) is 1.23. The summed E-state index contributed by atoms with van der Waals surface area (Å²) in [6.45, 7) is 1.81. The lowest BCUT2D eigenvalue weighted by Crippen LogP contribution is -2.14. The van der Waals surface area contributed by atoms with Crippen LogP contribution in [-0.4, -0.2) is 15.8 Å². The molecule has 2 aromatic rings. The molecule has 0 aliphatic heterocycles. The molecule has 2 rings (SSSR count). The fraction of sp³-hybridized carbons (Fsp3) is 0.231. The van der Waals surface area contributed by atoms with Crippen molar-refractivity contribution in [3.63, 3.8) is 0 Å². The van der Waals surface area contributed by atoms with Gasteiger partial charge >= 0.3 is 0 Å². The zero-order valence-electron chi connectivity index (χ0n) is 10.1. The van der Waals surface area contributed by atoms with Crippen LogP contribution in [0.2, 0.25) is 0 Å². The van der Waals surface area contributed by atoms with Crippen LogP contribution in [0.15, 0.2) is 23.7 Å². The highest BCUT2D eigenvalue weighted by Crippen LogP contribution is 2.21. The Hall–Kier alpha value is -2.13. The molecule has 4 nitrogen and oxygen atoms in total. The van der Waals surface area contributed by atoms with E-state index in [-0.39, 0.29) is 12.2 Å². The van der Waals surface area contributed by atoms with E-state index in [4.69, 9.17) is 5.26 Å². The predicted octanol–water partition coefficient (Wildman–Crippen LogP) is 2.40. The molecule has 6 heteroatoms. The Kier molecular flexibility index (Phi) is 3.97. The number of nitriles is 1. The van der Waals surface area contributed by atoms with Gasteiger partial charge in [0.2, 0.25) is 0 Å². The lowest BCUT2D eigenvalue weighted by Gasteiger charge is -2.04. The minimum atomic E-state index is -0.884. The first-order valence-corrected chi connectivity index (χ1v) is 6.43. The first-order chi connectivity index (χ1) is 9.10. The molecule has 96 valence electrons. The summed E-state index contributed by atoms with van der Waals surface area (Å²) in [6.07, 6.45) is 1.05. The number of ketones is 1. The highest BCUT2D eigenvalue weighted by atomic mass is 32.1. The van der Waals surface area contributed by atoms with Crippen molar-refractivity contribution < 1.29 is 9.18 Å². The van der Waals surface area contributed by atoms with Crippen molar-refractivity contribution in [2.75, 3.05) is 0 Å². The van der Waals surface area contributed by atoms with E-state index in [0.717, 1.165) is 11.9 Å². The van der Waals surface area contributed by atoms with Crippen molar-refractivity contribution in [2.45, 2.75) is 19.3 Å². The Labute approximate surface area is 113 Å². The summed E-state index contributed by atoms with van der Waals surface area (Å²) in [7, 11) is 0. The van der Waals surface area contributed by atoms with Crippen molar-refractivity contribution in [2.24, 2.45) is 0 Å². The van der Waals surface area contributed by atoms with E-state index in [9.17, 15) is 9.18 Å².